The maximum atomic E-state index is 14.0. The fraction of sp³-hybridized carbons (Fsp3) is 0.231. The van der Waals surface area contributed by atoms with Crippen molar-refractivity contribution in [3.8, 4) is 0 Å². The van der Waals surface area contributed by atoms with Gasteiger partial charge in [-0.2, -0.15) is 0 Å². The van der Waals surface area contributed by atoms with Crippen LogP contribution in [-0.2, 0) is 33.7 Å². The van der Waals surface area contributed by atoms with Crippen LogP contribution in [0.4, 0.5) is 5.69 Å². The lowest BCUT2D eigenvalue weighted by Crippen LogP contribution is -2.55. The van der Waals surface area contributed by atoms with Crippen LogP contribution in [0.15, 0.2) is 84.9 Å². The molecule has 0 aliphatic carbocycles. The quantitative estimate of drug-likeness (QED) is 0.451. The van der Waals surface area contributed by atoms with Gasteiger partial charge < -0.3 is 9.64 Å². The molecule has 0 radical (unpaired) electrons. The van der Waals surface area contributed by atoms with E-state index in [1.807, 2.05) is 84.9 Å². The van der Waals surface area contributed by atoms with Crippen molar-refractivity contribution in [3.05, 3.63) is 102 Å². The van der Waals surface area contributed by atoms with Crippen molar-refractivity contribution in [3.63, 3.8) is 0 Å². The second-order valence-electron chi connectivity index (χ2n) is 7.65. The van der Waals surface area contributed by atoms with E-state index in [9.17, 15) is 9.59 Å². The van der Waals surface area contributed by atoms with Crippen LogP contribution in [0, 0.1) is 5.41 Å². The highest BCUT2D eigenvalue weighted by Gasteiger charge is 2.53. The number of nitrogens with zero attached hydrogens (tertiary/aromatic N) is 1. The number of fused-ring (bicyclic) bond motifs is 1. The van der Waals surface area contributed by atoms with E-state index in [4.69, 9.17) is 4.74 Å². The van der Waals surface area contributed by atoms with E-state index >= 15 is 0 Å². The minimum absolute atomic E-state index is 0.202. The predicted octanol–water partition coefficient (Wildman–Crippen LogP) is 4.57. The molecule has 30 heavy (non-hydrogen) atoms. The molecule has 4 heteroatoms. The van der Waals surface area contributed by atoms with Crippen LogP contribution in [0.25, 0.3) is 0 Å². The molecule has 152 valence electrons. The molecule has 1 amide bonds. The maximum absolute atomic E-state index is 14.0. The van der Waals surface area contributed by atoms with E-state index in [1.165, 1.54) is 0 Å². The van der Waals surface area contributed by atoms with Crippen molar-refractivity contribution >= 4 is 17.6 Å². The number of hydrogen-bond acceptors (Lipinski definition) is 3. The molecule has 0 saturated heterocycles. The van der Waals surface area contributed by atoms with Crippen molar-refractivity contribution in [2.45, 2.75) is 26.3 Å². The Kier molecular flexibility index (Phi) is 5.66. The van der Waals surface area contributed by atoms with Gasteiger partial charge in [-0.15, -0.1) is 0 Å². The minimum Gasteiger partial charge on any atom is -0.465 e. The number of benzene rings is 3. The Morgan fingerprint density at radius 2 is 1.50 bits per heavy atom. The fourth-order valence-corrected chi connectivity index (χ4v) is 4.20. The minimum atomic E-state index is -1.28. The molecule has 1 unspecified atom stereocenters. The molecule has 0 bridgehead atoms. The van der Waals surface area contributed by atoms with Crippen LogP contribution in [0.1, 0.15) is 23.6 Å². The summed E-state index contributed by atoms with van der Waals surface area (Å²) in [6.07, 6.45) is 0.645. The molecule has 4 nitrogen and oxygen atoms in total. The Balaban J connectivity index is 1.81. The molecule has 4 rings (SSSR count). The van der Waals surface area contributed by atoms with Gasteiger partial charge in [0.1, 0.15) is 0 Å². The third kappa shape index (κ3) is 3.73. The van der Waals surface area contributed by atoms with Crippen molar-refractivity contribution in [2.75, 3.05) is 11.5 Å². The number of ether oxygens (including phenoxy) is 1. The van der Waals surface area contributed by atoms with E-state index in [1.54, 1.807) is 11.8 Å². The average molecular weight is 399 g/mol. The van der Waals surface area contributed by atoms with Crippen LogP contribution >= 0.6 is 0 Å². The van der Waals surface area contributed by atoms with Gasteiger partial charge in [0, 0.05) is 5.69 Å². The first-order valence-corrected chi connectivity index (χ1v) is 10.3. The zero-order chi connectivity index (χ0) is 21.0. The molecular formula is C26H25NO3. The number of rotatable bonds is 6. The maximum Gasteiger partial charge on any atom is 0.322 e. The molecule has 3 aromatic rings. The van der Waals surface area contributed by atoms with Gasteiger partial charge in [-0.25, -0.2) is 0 Å². The highest BCUT2D eigenvalue weighted by atomic mass is 16.5. The summed E-state index contributed by atoms with van der Waals surface area (Å²) < 4.78 is 5.45. The molecule has 0 fully saturated rings. The summed E-state index contributed by atoms with van der Waals surface area (Å²) in [5.74, 6) is -0.654. The monoisotopic (exact) mass is 399 g/mol. The Labute approximate surface area is 177 Å². The van der Waals surface area contributed by atoms with Crippen LogP contribution in [0.2, 0.25) is 0 Å². The molecule has 1 heterocycles. The van der Waals surface area contributed by atoms with Crippen LogP contribution in [0.3, 0.4) is 0 Å². The summed E-state index contributed by atoms with van der Waals surface area (Å²) >= 11 is 0. The van der Waals surface area contributed by atoms with Crippen LogP contribution < -0.4 is 4.90 Å². The topological polar surface area (TPSA) is 46.6 Å². The molecule has 0 aromatic heterocycles. The standard InChI is InChI=1S/C26H25NO3/c1-2-30-25(29)26(17-20-11-5-3-6-12-20)18-22-15-9-10-16-23(22)27(24(26)28)19-21-13-7-4-8-14-21/h3-16H,2,17-19H2,1H3. The summed E-state index contributed by atoms with van der Waals surface area (Å²) in [6.45, 7) is 2.42. The van der Waals surface area contributed by atoms with E-state index in [0.717, 1.165) is 22.4 Å². The molecule has 1 atom stereocenters. The molecule has 3 aromatic carbocycles. The Morgan fingerprint density at radius 1 is 0.900 bits per heavy atom. The summed E-state index contributed by atoms with van der Waals surface area (Å²) in [4.78, 5) is 29.0. The van der Waals surface area contributed by atoms with Gasteiger partial charge in [0.25, 0.3) is 0 Å². The smallest absolute Gasteiger partial charge is 0.322 e. The second-order valence-corrected chi connectivity index (χ2v) is 7.65. The highest BCUT2D eigenvalue weighted by Crippen LogP contribution is 2.41. The number of anilines is 1. The molecule has 1 aliphatic heterocycles. The van der Waals surface area contributed by atoms with Gasteiger partial charge in [-0.3, -0.25) is 9.59 Å². The van der Waals surface area contributed by atoms with Gasteiger partial charge in [0.15, 0.2) is 5.41 Å². The number of hydrogen-bond donors (Lipinski definition) is 0. The lowest BCUT2D eigenvalue weighted by molar-refractivity contribution is -0.160. The van der Waals surface area contributed by atoms with E-state index in [0.29, 0.717) is 19.4 Å². The van der Waals surface area contributed by atoms with Crippen molar-refractivity contribution in [1.29, 1.82) is 0 Å². The number of amides is 1. The lowest BCUT2D eigenvalue weighted by Gasteiger charge is -2.41. The van der Waals surface area contributed by atoms with E-state index in [2.05, 4.69) is 0 Å². The molecular weight excluding hydrogens is 374 g/mol. The third-order valence-corrected chi connectivity index (χ3v) is 5.63. The second kappa shape index (κ2) is 8.54. The number of carbonyl (C=O) groups is 2. The summed E-state index contributed by atoms with van der Waals surface area (Å²) in [7, 11) is 0. The average Bonchev–Trinajstić information content (AvgIpc) is 2.78. The van der Waals surface area contributed by atoms with Crippen molar-refractivity contribution < 1.29 is 14.3 Å². The SMILES string of the molecule is CCOC(=O)C1(Cc2ccccc2)Cc2ccccc2N(Cc2ccccc2)C1=O. The summed E-state index contributed by atoms with van der Waals surface area (Å²) in [6, 6.07) is 27.4. The number of esters is 1. The summed E-state index contributed by atoms with van der Waals surface area (Å²) in [5.41, 5.74) is 2.52. The summed E-state index contributed by atoms with van der Waals surface area (Å²) in [5, 5.41) is 0. The molecule has 0 N–H and O–H groups in total. The molecule has 0 spiro atoms. The van der Waals surface area contributed by atoms with Gasteiger partial charge in [-0.05, 0) is 42.5 Å². The fourth-order valence-electron chi connectivity index (χ4n) is 4.20. The van der Waals surface area contributed by atoms with Crippen LogP contribution in [-0.4, -0.2) is 18.5 Å². The van der Waals surface area contributed by atoms with Gasteiger partial charge in [-0.1, -0.05) is 78.9 Å². The molecule has 0 saturated carbocycles. The van der Waals surface area contributed by atoms with E-state index in [-0.39, 0.29) is 12.5 Å². The number of carbonyl (C=O) groups excluding carboxylic acids is 2. The third-order valence-electron chi connectivity index (χ3n) is 5.63. The molecule has 1 aliphatic rings. The Bertz CT molecular complexity index is 1030. The largest absolute Gasteiger partial charge is 0.465 e. The Morgan fingerprint density at radius 3 is 2.17 bits per heavy atom. The van der Waals surface area contributed by atoms with Crippen LogP contribution in [0.5, 0.6) is 0 Å². The predicted molar refractivity (Wildman–Crippen MR) is 117 cm³/mol. The van der Waals surface area contributed by atoms with Crippen molar-refractivity contribution in [2.24, 2.45) is 5.41 Å². The zero-order valence-electron chi connectivity index (χ0n) is 17.1. The normalized spacial score (nSPS) is 18.0. The van der Waals surface area contributed by atoms with Crippen molar-refractivity contribution in [1.82, 2.24) is 0 Å². The number of para-hydroxylation sites is 1. The van der Waals surface area contributed by atoms with Gasteiger partial charge in [0.05, 0.1) is 13.2 Å². The van der Waals surface area contributed by atoms with Gasteiger partial charge >= 0.3 is 5.97 Å². The highest BCUT2D eigenvalue weighted by molar-refractivity contribution is 6.12. The Hall–Kier alpha value is -3.40. The first kappa shape index (κ1) is 19.9. The first-order chi connectivity index (χ1) is 14.6. The first-order valence-electron chi connectivity index (χ1n) is 10.3. The van der Waals surface area contributed by atoms with E-state index < -0.39 is 11.4 Å². The zero-order valence-corrected chi connectivity index (χ0v) is 17.1. The van der Waals surface area contributed by atoms with Gasteiger partial charge in [0.2, 0.25) is 5.91 Å². The lowest BCUT2D eigenvalue weighted by atomic mass is 9.72.